The molecule has 0 aliphatic carbocycles. The number of nitrogens with one attached hydrogen (secondary N) is 2. The summed E-state index contributed by atoms with van der Waals surface area (Å²) in [5.41, 5.74) is 1.90. The number of rotatable bonds is 9. The van der Waals surface area contributed by atoms with Gasteiger partial charge in [-0.2, -0.15) is 15.3 Å². The van der Waals surface area contributed by atoms with Crippen LogP contribution in [0, 0.1) is 6.92 Å². The van der Waals surface area contributed by atoms with E-state index in [1.54, 1.807) is 49.4 Å². The number of carbonyl (C=O) groups is 2. The lowest BCUT2D eigenvalue weighted by Crippen LogP contribution is -2.21. The van der Waals surface area contributed by atoms with Gasteiger partial charge in [0.05, 0.1) is 43.7 Å². The second kappa shape index (κ2) is 10.2. The van der Waals surface area contributed by atoms with Crippen molar-refractivity contribution in [1.82, 2.24) is 29.3 Å². The van der Waals surface area contributed by atoms with E-state index in [0.29, 0.717) is 22.9 Å². The van der Waals surface area contributed by atoms with Crippen LogP contribution in [0.25, 0.3) is 0 Å². The van der Waals surface area contributed by atoms with Crippen LogP contribution in [0.4, 0.5) is 11.4 Å². The van der Waals surface area contributed by atoms with Crippen LogP contribution < -0.4 is 24.8 Å². The Morgan fingerprint density at radius 1 is 0.917 bits per heavy atom. The van der Waals surface area contributed by atoms with Crippen LogP contribution in [0.1, 0.15) is 26.7 Å². The largest absolute Gasteiger partial charge is 0.493 e. The number of ether oxygens (including phenoxy) is 3. The van der Waals surface area contributed by atoms with Gasteiger partial charge in [0.25, 0.3) is 11.8 Å². The molecule has 36 heavy (non-hydrogen) atoms. The monoisotopic (exact) mass is 494 g/mol. The van der Waals surface area contributed by atoms with Gasteiger partial charge in [-0.15, -0.1) is 0 Å². The van der Waals surface area contributed by atoms with Gasteiger partial charge in [0.1, 0.15) is 5.69 Å². The molecule has 0 aliphatic heterocycles. The first-order valence-electron chi connectivity index (χ1n) is 10.8. The number of aromatic nitrogens is 6. The van der Waals surface area contributed by atoms with E-state index in [1.807, 2.05) is 6.92 Å². The lowest BCUT2D eigenvalue weighted by Gasteiger charge is -2.13. The quantitative estimate of drug-likeness (QED) is 0.361. The van der Waals surface area contributed by atoms with Gasteiger partial charge in [-0.1, -0.05) is 6.07 Å². The molecule has 0 spiro atoms. The molecule has 0 atom stereocenters. The molecule has 0 saturated carbocycles. The maximum Gasteiger partial charge on any atom is 0.276 e. The number of hydrogen-bond donors (Lipinski definition) is 2. The van der Waals surface area contributed by atoms with E-state index in [1.165, 1.54) is 35.8 Å². The molecule has 2 amide bonds. The number of anilines is 2. The van der Waals surface area contributed by atoms with Crippen LogP contribution in [0.5, 0.6) is 17.2 Å². The number of methoxy groups -OCH3 is 2. The maximum absolute atomic E-state index is 12.9. The fraction of sp³-hybridized carbons (Fsp3) is 0.261. The van der Waals surface area contributed by atoms with Gasteiger partial charge < -0.3 is 24.8 Å². The van der Waals surface area contributed by atoms with Crippen molar-refractivity contribution in [1.29, 1.82) is 0 Å². The molecule has 188 valence electrons. The molecular formula is C23H26N8O5. The number of amides is 2. The minimum absolute atomic E-state index is 0.00895. The number of benzene rings is 1. The van der Waals surface area contributed by atoms with Gasteiger partial charge in [-0.25, -0.2) is 4.68 Å². The molecule has 4 aromatic rings. The van der Waals surface area contributed by atoms with Crippen LogP contribution in [-0.4, -0.2) is 55.4 Å². The molecular weight excluding hydrogens is 468 g/mol. The molecule has 3 aromatic heterocycles. The van der Waals surface area contributed by atoms with E-state index in [4.69, 9.17) is 14.2 Å². The third-order valence-corrected chi connectivity index (χ3v) is 5.48. The molecule has 0 saturated heterocycles. The van der Waals surface area contributed by atoms with Crippen LogP contribution >= 0.6 is 0 Å². The standard InChI is InChI=1S/C23H26N8O5/c1-14-16(11-24-29(14)2)26-23(33)20-17(12-25-30(20)3)27-22(32)15-9-10-31(28-15)13-36-21-18(34-4)7-6-8-19(21)35-5/h6-12H,13H2,1-5H3,(H,26,33)(H,27,32). The molecule has 3 heterocycles. The second-order valence-electron chi connectivity index (χ2n) is 7.71. The van der Waals surface area contributed by atoms with Gasteiger partial charge in [-0.05, 0) is 25.1 Å². The highest BCUT2D eigenvalue weighted by atomic mass is 16.5. The van der Waals surface area contributed by atoms with Gasteiger partial charge in [0, 0.05) is 20.3 Å². The number of hydrogen-bond acceptors (Lipinski definition) is 8. The summed E-state index contributed by atoms with van der Waals surface area (Å²) in [5.74, 6) is 0.472. The van der Waals surface area contributed by atoms with E-state index in [2.05, 4.69) is 25.9 Å². The van der Waals surface area contributed by atoms with E-state index >= 15 is 0 Å². The minimum Gasteiger partial charge on any atom is -0.493 e. The fourth-order valence-electron chi connectivity index (χ4n) is 3.43. The fourth-order valence-corrected chi connectivity index (χ4v) is 3.43. The Bertz CT molecular complexity index is 1380. The van der Waals surface area contributed by atoms with E-state index in [9.17, 15) is 9.59 Å². The van der Waals surface area contributed by atoms with Crippen molar-refractivity contribution in [2.24, 2.45) is 14.1 Å². The Morgan fingerprint density at radius 2 is 1.56 bits per heavy atom. The van der Waals surface area contributed by atoms with E-state index < -0.39 is 11.8 Å². The summed E-state index contributed by atoms with van der Waals surface area (Å²) >= 11 is 0. The summed E-state index contributed by atoms with van der Waals surface area (Å²) < 4.78 is 20.9. The van der Waals surface area contributed by atoms with Crippen LogP contribution in [0.15, 0.2) is 42.9 Å². The average Bonchev–Trinajstić information content (AvgIpc) is 3.58. The first-order valence-corrected chi connectivity index (χ1v) is 10.8. The van der Waals surface area contributed by atoms with Gasteiger partial charge in [0.2, 0.25) is 5.75 Å². The van der Waals surface area contributed by atoms with Crippen molar-refractivity contribution in [3.63, 3.8) is 0 Å². The molecule has 0 bridgehead atoms. The SMILES string of the molecule is COc1cccc(OC)c1OCn1ccc(C(=O)Nc2cnn(C)c2C(=O)Nc2cnn(C)c2C)n1. The zero-order chi connectivity index (χ0) is 25.8. The Morgan fingerprint density at radius 3 is 2.19 bits per heavy atom. The van der Waals surface area contributed by atoms with Gasteiger partial charge in [0.15, 0.2) is 23.9 Å². The zero-order valence-electron chi connectivity index (χ0n) is 20.5. The lowest BCUT2D eigenvalue weighted by atomic mass is 10.3. The molecule has 2 N–H and O–H groups in total. The van der Waals surface area contributed by atoms with Crippen molar-refractivity contribution >= 4 is 23.2 Å². The normalized spacial score (nSPS) is 10.7. The van der Waals surface area contributed by atoms with Crippen molar-refractivity contribution in [3.8, 4) is 17.2 Å². The highest BCUT2D eigenvalue weighted by molar-refractivity contribution is 6.11. The summed E-state index contributed by atoms with van der Waals surface area (Å²) in [7, 11) is 6.45. The Hall–Kier alpha value is -4.81. The van der Waals surface area contributed by atoms with Crippen molar-refractivity contribution < 1.29 is 23.8 Å². The number of nitrogens with zero attached hydrogens (tertiary/aromatic N) is 6. The van der Waals surface area contributed by atoms with Crippen LogP contribution in [0.2, 0.25) is 0 Å². The Labute approximate surface area is 206 Å². The van der Waals surface area contributed by atoms with E-state index in [-0.39, 0.29) is 23.8 Å². The summed E-state index contributed by atoms with van der Waals surface area (Å²) in [6.07, 6.45) is 4.55. The molecule has 0 unspecified atom stereocenters. The molecule has 4 rings (SSSR count). The number of para-hydroxylation sites is 1. The maximum atomic E-state index is 12.9. The predicted molar refractivity (Wildman–Crippen MR) is 129 cm³/mol. The first-order chi connectivity index (χ1) is 17.3. The summed E-state index contributed by atoms with van der Waals surface area (Å²) in [6.45, 7) is 1.84. The Kier molecular flexibility index (Phi) is 6.90. The minimum atomic E-state index is -0.511. The predicted octanol–water partition coefficient (Wildman–Crippen LogP) is 2.22. The summed E-state index contributed by atoms with van der Waals surface area (Å²) in [4.78, 5) is 25.8. The van der Waals surface area contributed by atoms with Gasteiger partial charge >= 0.3 is 0 Å². The zero-order valence-corrected chi connectivity index (χ0v) is 20.5. The molecule has 0 fully saturated rings. The second-order valence-corrected chi connectivity index (χ2v) is 7.71. The third-order valence-electron chi connectivity index (χ3n) is 5.48. The Balaban J connectivity index is 1.44. The molecule has 13 heteroatoms. The third kappa shape index (κ3) is 4.85. The highest BCUT2D eigenvalue weighted by Gasteiger charge is 2.21. The lowest BCUT2D eigenvalue weighted by molar-refractivity contribution is 0.101. The molecule has 0 aliphatic rings. The topological polar surface area (TPSA) is 139 Å². The molecule has 13 nitrogen and oxygen atoms in total. The number of aryl methyl sites for hydroxylation is 2. The smallest absolute Gasteiger partial charge is 0.276 e. The van der Waals surface area contributed by atoms with E-state index in [0.717, 1.165) is 5.69 Å². The van der Waals surface area contributed by atoms with Crippen LogP contribution in [-0.2, 0) is 20.8 Å². The van der Waals surface area contributed by atoms with Gasteiger partial charge in [-0.3, -0.25) is 19.0 Å². The van der Waals surface area contributed by atoms with Crippen molar-refractivity contribution in [2.75, 3.05) is 24.9 Å². The first kappa shape index (κ1) is 24.3. The summed E-state index contributed by atoms with van der Waals surface area (Å²) in [5, 5.41) is 18.0. The summed E-state index contributed by atoms with van der Waals surface area (Å²) in [6, 6.07) is 6.81. The van der Waals surface area contributed by atoms with Crippen molar-refractivity contribution in [3.05, 3.63) is 59.9 Å². The van der Waals surface area contributed by atoms with Crippen LogP contribution in [0.3, 0.4) is 0 Å². The van der Waals surface area contributed by atoms with Crippen molar-refractivity contribution in [2.45, 2.75) is 13.7 Å². The highest BCUT2D eigenvalue weighted by Crippen LogP contribution is 2.36. The average molecular weight is 495 g/mol. The number of carbonyl (C=O) groups excluding carboxylic acids is 2. The molecule has 0 radical (unpaired) electrons. The molecule has 1 aromatic carbocycles.